The van der Waals surface area contributed by atoms with Crippen molar-refractivity contribution in [3.8, 4) is 21.7 Å². The average molecular weight is 366 g/mol. The summed E-state index contributed by atoms with van der Waals surface area (Å²) in [5.41, 5.74) is 4.66. The molecule has 0 atom stereocenters. The summed E-state index contributed by atoms with van der Waals surface area (Å²) < 4.78 is 6.79. The Morgan fingerprint density at radius 3 is 2.62 bits per heavy atom. The van der Waals surface area contributed by atoms with Gasteiger partial charge in [0, 0.05) is 18.7 Å². The molecule has 0 saturated carbocycles. The fourth-order valence-corrected chi connectivity index (χ4v) is 4.01. The van der Waals surface area contributed by atoms with Crippen LogP contribution in [0.15, 0.2) is 41.2 Å². The fraction of sp³-hybridized carbons (Fsp3) is 0.211. The summed E-state index contributed by atoms with van der Waals surface area (Å²) in [5, 5.41) is 4.09. The van der Waals surface area contributed by atoms with Crippen LogP contribution in [0, 0.1) is 13.8 Å². The van der Waals surface area contributed by atoms with Crippen LogP contribution in [0.1, 0.15) is 16.4 Å². The maximum Gasteiger partial charge on any atom is 0.273 e. The number of aromatic amines is 1. The second-order valence-corrected chi connectivity index (χ2v) is 7.25. The third-order valence-corrected chi connectivity index (χ3v) is 5.27. The maximum atomic E-state index is 12.7. The molecule has 0 radical (unpaired) electrons. The van der Waals surface area contributed by atoms with E-state index in [1.54, 1.807) is 24.5 Å². The largest absolute Gasteiger partial charge is 0.378 e. The highest BCUT2D eigenvalue weighted by molar-refractivity contribution is 7.15. The number of nitrogens with one attached hydrogen (secondary N) is 1. The van der Waals surface area contributed by atoms with Gasteiger partial charge in [0.25, 0.3) is 5.56 Å². The lowest BCUT2D eigenvalue weighted by Crippen LogP contribution is -2.14. The fourth-order valence-electron chi connectivity index (χ4n) is 3.13. The molecule has 4 aromatic rings. The minimum atomic E-state index is -0.157. The Balaban J connectivity index is 2.03. The first-order valence-electron chi connectivity index (χ1n) is 8.22. The molecular formula is C19H18N4O2S. The van der Waals surface area contributed by atoms with Crippen LogP contribution >= 0.6 is 11.3 Å². The molecule has 0 aliphatic rings. The number of H-pyrrole nitrogens is 1. The van der Waals surface area contributed by atoms with E-state index in [1.165, 1.54) is 4.52 Å². The number of ether oxygens (including phenoxy) is 1. The van der Waals surface area contributed by atoms with Crippen LogP contribution in [0.3, 0.4) is 0 Å². The highest BCUT2D eigenvalue weighted by Crippen LogP contribution is 2.31. The van der Waals surface area contributed by atoms with Crippen LogP contribution in [0.25, 0.3) is 27.3 Å². The molecular weight excluding hydrogens is 348 g/mol. The predicted octanol–water partition coefficient (Wildman–Crippen LogP) is 3.58. The lowest BCUT2D eigenvalue weighted by molar-refractivity contribution is 0.181. The van der Waals surface area contributed by atoms with Crippen LogP contribution in [0.2, 0.25) is 0 Å². The summed E-state index contributed by atoms with van der Waals surface area (Å²) in [5.74, 6) is 0. The monoisotopic (exact) mass is 366 g/mol. The Kier molecular flexibility index (Phi) is 4.18. The van der Waals surface area contributed by atoms with Gasteiger partial charge < -0.3 is 4.74 Å². The molecule has 7 heteroatoms. The standard InChI is InChI=1S/C19H18N4O2S/c1-11-18(26-12(2)20-11)14-9-16(24)23-19(21-14)17(15(22-23)10-25-3)13-7-5-4-6-8-13/h4-9,22H,10H2,1-3H3. The minimum Gasteiger partial charge on any atom is -0.378 e. The summed E-state index contributed by atoms with van der Waals surface area (Å²) in [7, 11) is 1.63. The molecule has 0 unspecified atom stereocenters. The molecule has 132 valence electrons. The number of rotatable bonds is 4. The van der Waals surface area contributed by atoms with Crippen LogP contribution in [0.4, 0.5) is 0 Å². The van der Waals surface area contributed by atoms with Gasteiger partial charge in [-0.15, -0.1) is 11.3 Å². The van der Waals surface area contributed by atoms with Crippen molar-refractivity contribution in [1.82, 2.24) is 19.6 Å². The third kappa shape index (κ3) is 2.75. The molecule has 0 bridgehead atoms. The van der Waals surface area contributed by atoms with Crippen LogP contribution in [-0.4, -0.2) is 26.7 Å². The van der Waals surface area contributed by atoms with Crippen molar-refractivity contribution < 1.29 is 4.74 Å². The number of fused-ring (bicyclic) bond motifs is 1. The number of benzene rings is 1. The van der Waals surface area contributed by atoms with Crippen molar-refractivity contribution in [2.75, 3.05) is 7.11 Å². The Labute approximate surface area is 154 Å². The van der Waals surface area contributed by atoms with E-state index >= 15 is 0 Å². The van der Waals surface area contributed by atoms with Crippen molar-refractivity contribution >= 4 is 17.0 Å². The number of methoxy groups -OCH3 is 1. The number of hydrogen-bond acceptors (Lipinski definition) is 5. The molecule has 6 nitrogen and oxygen atoms in total. The van der Waals surface area contributed by atoms with Crippen LogP contribution in [0.5, 0.6) is 0 Å². The second-order valence-electron chi connectivity index (χ2n) is 6.05. The van der Waals surface area contributed by atoms with E-state index in [4.69, 9.17) is 9.72 Å². The molecule has 3 aromatic heterocycles. The molecule has 0 aliphatic heterocycles. The number of nitrogens with zero attached hydrogens (tertiary/aromatic N) is 3. The molecule has 0 amide bonds. The number of thiazole rings is 1. The molecule has 1 N–H and O–H groups in total. The zero-order chi connectivity index (χ0) is 18.3. The zero-order valence-electron chi connectivity index (χ0n) is 14.7. The Morgan fingerprint density at radius 1 is 1.19 bits per heavy atom. The molecule has 4 rings (SSSR count). The van der Waals surface area contributed by atoms with E-state index in [9.17, 15) is 4.79 Å². The normalized spacial score (nSPS) is 11.3. The molecule has 0 fully saturated rings. The van der Waals surface area contributed by atoms with Gasteiger partial charge in [0.05, 0.1) is 33.6 Å². The van der Waals surface area contributed by atoms with E-state index in [2.05, 4.69) is 10.1 Å². The van der Waals surface area contributed by atoms with Crippen molar-refractivity contribution in [3.63, 3.8) is 0 Å². The Hall–Kier alpha value is -2.77. The first-order valence-corrected chi connectivity index (χ1v) is 9.03. The minimum absolute atomic E-state index is 0.157. The number of aryl methyl sites for hydroxylation is 2. The van der Waals surface area contributed by atoms with Crippen molar-refractivity contribution in [2.24, 2.45) is 0 Å². The lowest BCUT2D eigenvalue weighted by Gasteiger charge is -2.04. The Bertz CT molecular complexity index is 1140. The molecule has 0 spiro atoms. The van der Waals surface area contributed by atoms with Crippen LogP contribution < -0.4 is 5.56 Å². The van der Waals surface area contributed by atoms with Crippen LogP contribution in [-0.2, 0) is 11.3 Å². The van der Waals surface area contributed by atoms with Gasteiger partial charge in [0.1, 0.15) is 0 Å². The molecule has 0 aliphatic carbocycles. The van der Waals surface area contributed by atoms with E-state index in [0.717, 1.165) is 32.4 Å². The van der Waals surface area contributed by atoms with Gasteiger partial charge in [-0.1, -0.05) is 30.3 Å². The van der Waals surface area contributed by atoms with Gasteiger partial charge in [-0.05, 0) is 19.4 Å². The van der Waals surface area contributed by atoms with Gasteiger partial charge >= 0.3 is 0 Å². The number of aromatic nitrogens is 4. The summed E-state index contributed by atoms with van der Waals surface area (Å²) in [4.78, 5) is 22.9. The topological polar surface area (TPSA) is 72.3 Å². The summed E-state index contributed by atoms with van der Waals surface area (Å²) in [6.07, 6.45) is 0. The summed E-state index contributed by atoms with van der Waals surface area (Å²) >= 11 is 1.55. The first-order chi connectivity index (χ1) is 12.6. The lowest BCUT2D eigenvalue weighted by atomic mass is 10.1. The van der Waals surface area contributed by atoms with Gasteiger partial charge in [-0.2, -0.15) is 0 Å². The molecule has 0 saturated heterocycles. The maximum absolute atomic E-state index is 12.7. The van der Waals surface area contributed by atoms with Gasteiger partial charge in [-0.3, -0.25) is 9.89 Å². The van der Waals surface area contributed by atoms with E-state index < -0.39 is 0 Å². The van der Waals surface area contributed by atoms with Gasteiger partial charge in [-0.25, -0.2) is 14.5 Å². The summed E-state index contributed by atoms with van der Waals surface area (Å²) in [6.45, 7) is 4.25. The SMILES string of the molecule is COCc1[nH]n2c(=O)cc(-c3sc(C)nc3C)nc2c1-c1ccccc1. The zero-order valence-corrected chi connectivity index (χ0v) is 15.6. The summed E-state index contributed by atoms with van der Waals surface area (Å²) in [6, 6.07) is 11.5. The van der Waals surface area contributed by atoms with Gasteiger partial charge in [0.15, 0.2) is 5.65 Å². The highest BCUT2D eigenvalue weighted by Gasteiger charge is 2.19. The number of hydrogen-bond donors (Lipinski definition) is 1. The van der Waals surface area contributed by atoms with E-state index in [0.29, 0.717) is 17.9 Å². The molecule has 1 aromatic carbocycles. The van der Waals surface area contributed by atoms with Crippen molar-refractivity contribution in [3.05, 3.63) is 63.1 Å². The van der Waals surface area contributed by atoms with Crippen molar-refractivity contribution in [2.45, 2.75) is 20.5 Å². The van der Waals surface area contributed by atoms with E-state index in [1.807, 2.05) is 44.2 Å². The third-order valence-electron chi connectivity index (χ3n) is 4.18. The first kappa shape index (κ1) is 16.7. The highest BCUT2D eigenvalue weighted by atomic mass is 32.1. The second kappa shape index (κ2) is 6.51. The average Bonchev–Trinajstić information content (AvgIpc) is 3.15. The Morgan fingerprint density at radius 2 is 1.96 bits per heavy atom. The quantitative estimate of drug-likeness (QED) is 0.599. The molecule has 26 heavy (non-hydrogen) atoms. The predicted molar refractivity (Wildman–Crippen MR) is 103 cm³/mol. The molecule has 3 heterocycles. The smallest absolute Gasteiger partial charge is 0.273 e. The van der Waals surface area contributed by atoms with Gasteiger partial charge in [0.2, 0.25) is 0 Å². The van der Waals surface area contributed by atoms with Crippen molar-refractivity contribution in [1.29, 1.82) is 0 Å². The van der Waals surface area contributed by atoms with E-state index in [-0.39, 0.29) is 5.56 Å².